The Morgan fingerprint density at radius 3 is 2.77 bits per heavy atom. The predicted octanol–water partition coefficient (Wildman–Crippen LogP) is 5.34. The highest BCUT2D eigenvalue weighted by Gasteiger charge is 2.34. The van der Waals surface area contributed by atoms with Crippen LogP contribution in [0.2, 0.25) is 5.02 Å². The summed E-state index contributed by atoms with van der Waals surface area (Å²) in [6.07, 6.45) is 8.22. The third kappa shape index (κ3) is 4.72. The number of aromatic nitrogens is 3. The van der Waals surface area contributed by atoms with Gasteiger partial charge in [0.1, 0.15) is 23.4 Å². The Labute approximate surface area is 233 Å². The average Bonchev–Trinajstić information content (AvgIpc) is 3.54. The zero-order chi connectivity index (χ0) is 27.3. The Bertz CT molecular complexity index is 1510. The summed E-state index contributed by atoms with van der Waals surface area (Å²) in [5.41, 5.74) is 2.08. The van der Waals surface area contributed by atoms with Crippen LogP contribution in [0.3, 0.4) is 0 Å². The molecule has 7 nitrogen and oxygen atoms in total. The highest BCUT2D eigenvalue weighted by molar-refractivity contribution is 6.32. The lowest BCUT2D eigenvalue weighted by molar-refractivity contribution is 0.262. The van der Waals surface area contributed by atoms with E-state index in [9.17, 15) is 0 Å². The summed E-state index contributed by atoms with van der Waals surface area (Å²) in [5.74, 6) is 7.35. The number of nitrogens with one attached hydrogen (secondary N) is 1. The Hall–Kier alpha value is -3.28. The molecule has 39 heavy (non-hydrogen) atoms. The van der Waals surface area contributed by atoms with Crippen LogP contribution < -0.4 is 4.90 Å². The Balaban J connectivity index is 1.24. The fourth-order valence-electron chi connectivity index (χ4n) is 5.94. The van der Waals surface area contributed by atoms with Crippen LogP contribution in [0, 0.1) is 23.1 Å². The molecule has 3 aromatic rings. The van der Waals surface area contributed by atoms with Gasteiger partial charge in [-0.05, 0) is 76.1 Å². The molecule has 9 heteroatoms. The van der Waals surface area contributed by atoms with Gasteiger partial charge in [0.15, 0.2) is 11.7 Å². The highest BCUT2D eigenvalue weighted by Crippen LogP contribution is 2.48. The van der Waals surface area contributed by atoms with E-state index in [4.69, 9.17) is 17.0 Å². The van der Waals surface area contributed by atoms with E-state index in [-0.39, 0.29) is 22.8 Å². The maximum Gasteiger partial charge on any atom is 0.175 e. The molecule has 0 radical (unpaired) electrons. The van der Waals surface area contributed by atoms with Crippen molar-refractivity contribution in [1.29, 1.82) is 5.41 Å². The monoisotopic (exact) mass is 545 g/mol. The Morgan fingerprint density at radius 2 is 2.03 bits per heavy atom. The van der Waals surface area contributed by atoms with Crippen LogP contribution in [0.1, 0.15) is 50.5 Å². The van der Waals surface area contributed by atoms with E-state index < -0.39 is 5.82 Å². The molecule has 2 aliphatic heterocycles. The van der Waals surface area contributed by atoms with Gasteiger partial charge in [0.25, 0.3) is 0 Å². The van der Waals surface area contributed by atoms with E-state index in [1.807, 2.05) is 30.1 Å². The van der Waals surface area contributed by atoms with Gasteiger partial charge >= 0.3 is 0 Å². The van der Waals surface area contributed by atoms with Crippen LogP contribution in [-0.2, 0) is 0 Å². The fraction of sp³-hybridized carbons (Fsp3) is 0.467. The molecule has 0 bridgehead atoms. The molecular formula is C30H33ClFN7. The maximum atomic E-state index is 15.9. The molecule has 0 amide bonds. The SMILES string of the molecule is CN(c1ncnc2c(F)c(-c3cccc(Cl)c3C3CC3)ncc12)[C@@H]1CCN(C(=N)C#C[C@@]2(C)CCCN2C)C1. The van der Waals surface area contributed by atoms with Crippen molar-refractivity contribution >= 4 is 34.2 Å². The number of fused-ring (bicyclic) bond motifs is 1. The van der Waals surface area contributed by atoms with Crippen LogP contribution in [0.4, 0.5) is 10.2 Å². The van der Waals surface area contributed by atoms with Gasteiger partial charge in [-0.15, -0.1) is 0 Å². The first-order valence-electron chi connectivity index (χ1n) is 13.7. The zero-order valence-electron chi connectivity index (χ0n) is 22.6. The molecule has 0 unspecified atom stereocenters. The summed E-state index contributed by atoms with van der Waals surface area (Å²) in [7, 11) is 4.06. The van der Waals surface area contributed by atoms with Crippen molar-refractivity contribution in [3.8, 4) is 23.1 Å². The first kappa shape index (κ1) is 26.0. The first-order valence-corrected chi connectivity index (χ1v) is 14.0. The van der Waals surface area contributed by atoms with Crippen LogP contribution in [0.15, 0.2) is 30.7 Å². The Morgan fingerprint density at radius 1 is 1.21 bits per heavy atom. The first-order chi connectivity index (χ1) is 18.8. The predicted molar refractivity (Wildman–Crippen MR) is 154 cm³/mol. The quantitative estimate of drug-likeness (QED) is 0.271. The minimum Gasteiger partial charge on any atom is -0.354 e. The van der Waals surface area contributed by atoms with Gasteiger partial charge in [0.05, 0.1) is 10.9 Å². The fourth-order valence-corrected chi connectivity index (χ4v) is 6.27. The standard InChI is InChI=1S/C30H33ClFN7/c1-30(12-5-14-37(30)2)13-10-24(33)39-15-11-20(17-39)38(3)29-22-16-34-27(26(32)28(22)35-18-36-29)21-6-4-7-23(31)25(21)19-8-9-19/h4,6-7,16,18-20,33H,5,8-9,11-12,14-15,17H2,1-3H3/t20-,30-/m1/s1. The summed E-state index contributed by atoms with van der Waals surface area (Å²) in [6, 6.07) is 5.69. The second-order valence-electron chi connectivity index (χ2n) is 11.3. The van der Waals surface area contributed by atoms with E-state index in [0.717, 1.165) is 56.3 Å². The number of likely N-dealkylation sites (tertiary alicyclic amines) is 2. The van der Waals surface area contributed by atoms with E-state index >= 15 is 4.39 Å². The van der Waals surface area contributed by atoms with Gasteiger partial charge < -0.3 is 9.80 Å². The minimum absolute atomic E-state index is 0.104. The third-order valence-electron chi connectivity index (χ3n) is 8.71. The van der Waals surface area contributed by atoms with Crippen molar-refractivity contribution in [2.45, 2.75) is 56.5 Å². The molecule has 202 valence electrons. The summed E-state index contributed by atoms with van der Waals surface area (Å²) < 4.78 is 15.9. The van der Waals surface area contributed by atoms with Gasteiger partial charge in [0, 0.05) is 43.0 Å². The van der Waals surface area contributed by atoms with Gasteiger partial charge in [-0.25, -0.2) is 14.4 Å². The normalized spacial score (nSPS) is 23.2. The zero-order valence-corrected chi connectivity index (χ0v) is 23.4. The average molecular weight is 546 g/mol. The number of anilines is 1. The third-order valence-corrected chi connectivity index (χ3v) is 9.04. The van der Waals surface area contributed by atoms with Crippen molar-refractivity contribution in [2.75, 3.05) is 38.6 Å². The van der Waals surface area contributed by atoms with Crippen molar-refractivity contribution < 1.29 is 4.39 Å². The lowest BCUT2D eigenvalue weighted by Gasteiger charge is -2.27. The van der Waals surface area contributed by atoms with Gasteiger partial charge in [0.2, 0.25) is 0 Å². The summed E-state index contributed by atoms with van der Waals surface area (Å²) in [6.45, 7) is 4.59. The molecule has 1 aliphatic carbocycles. The number of benzene rings is 1. The number of pyridine rings is 1. The van der Waals surface area contributed by atoms with Crippen LogP contribution >= 0.6 is 11.6 Å². The molecular weight excluding hydrogens is 513 g/mol. The van der Waals surface area contributed by atoms with Crippen LogP contribution in [0.25, 0.3) is 22.2 Å². The number of amidine groups is 1. The molecule has 0 spiro atoms. The number of hydrogen-bond acceptors (Lipinski definition) is 6. The topological polar surface area (TPSA) is 72.2 Å². The van der Waals surface area contributed by atoms with Crippen molar-refractivity contribution in [3.63, 3.8) is 0 Å². The lowest BCUT2D eigenvalue weighted by Crippen LogP contribution is -2.38. The van der Waals surface area contributed by atoms with E-state index in [1.54, 1.807) is 6.20 Å². The molecule has 4 heterocycles. The molecule has 1 N–H and O–H groups in total. The van der Waals surface area contributed by atoms with Crippen molar-refractivity contribution in [2.24, 2.45) is 0 Å². The van der Waals surface area contributed by atoms with Gasteiger partial charge in [-0.3, -0.25) is 15.3 Å². The number of halogens is 2. The van der Waals surface area contributed by atoms with Crippen molar-refractivity contribution in [3.05, 3.63) is 47.1 Å². The van der Waals surface area contributed by atoms with Crippen LogP contribution in [-0.4, -0.2) is 75.9 Å². The van der Waals surface area contributed by atoms with Crippen molar-refractivity contribution in [1.82, 2.24) is 24.8 Å². The summed E-state index contributed by atoms with van der Waals surface area (Å²) in [4.78, 5) is 19.8. The smallest absolute Gasteiger partial charge is 0.175 e. The van der Waals surface area contributed by atoms with Crippen LogP contribution in [0.5, 0.6) is 0 Å². The molecule has 6 rings (SSSR count). The molecule has 2 aromatic heterocycles. The number of rotatable bonds is 4. The second-order valence-corrected chi connectivity index (χ2v) is 11.7. The molecule has 3 fully saturated rings. The number of hydrogen-bond donors (Lipinski definition) is 1. The largest absolute Gasteiger partial charge is 0.354 e. The lowest BCUT2D eigenvalue weighted by atomic mass is 9.99. The molecule has 2 atom stereocenters. The molecule has 1 saturated carbocycles. The van der Waals surface area contributed by atoms with E-state index in [0.29, 0.717) is 34.5 Å². The van der Waals surface area contributed by atoms with E-state index in [2.05, 4.69) is 50.6 Å². The number of nitrogens with zero attached hydrogens (tertiary/aromatic N) is 6. The molecule has 1 aromatic carbocycles. The number of likely N-dealkylation sites (N-methyl/N-ethyl adjacent to an activating group) is 1. The highest BCUT2D eigenvalue weighted by atomic mass is 35.5. The van der Waals surface area contributed by atoms with E-state index in [1.165, 1.54) is 6.33 Å². The van der Waals surface area contributed by atoms with Gasteiger partial charge in [-0.1, -0.05) is 29.7 Å². The van der Waals surface area contributed by atoms with Gasteiger partial charge in [-0.2, -0.15) is 0 Å². The Kier molecular flexibility index (Phi) is 6.68. The minimum atomic E-state index is -0.454. The summed E-state index contributed by atoms with van der Waals surface area (Å²) >= 11 is 6.51. The summed E-state index contributed by atoms with van der Waals surface area (Å²) in [5, 5.41) is 9.82. The molecule has 2 saturated heterocycles. The second kappa shape index (κ2) is 10.0. The molecule has 3 aliphatic rings. The maximum absolute atomic E-state index is 15.9.